The summed E-state index contributed by atoms with van der Waals surface area (Å²) in [6, 6.07) is 9.35. The fourth-order valence-electron chi connectivity index (χ4n) is 3.89. The number of nitrogen functional groups attached to an aromatic ring is 1. The molecule has 1 aromatic carbocycles. The fraction of sp³-hybridized carbons (Fsp3) is 0.440. The number of anilines is 2. The number of nitrogens with one attached hydrogen (secondary N) is 1. The van der Waals surface area contributed by atoms with Crippen LogP contribution in [0.4, 0.5) is 11.8 Å². The minimum atomic E-state index is -0.582. The zero-order valence-electron chi connectivity index (χ0n) is 20.8. The summed E-state index contributed by atoms with van der Waals surface area (Å²) in [5.41, 5.74) is 8.59. The van der Waals surface area contributed by atoms with Gasteiger partial charge < -0.3 is 20.5 Å². The third-order valence-electron chi connectivity index (χ3n) is 5.81. The molecule has 0 radical (unpaired) electrons. The number of nitrogens with zero attached hydrogens (tertiary/aromatic N) is 4. The van der Waals surface area contributed by atoms with E-state index < -0.39 is 11.4 Å². The third-order valence-corrected chi connectivity index (χ3v) is 5.81. The van der Waals surface area contributed by atoms with E-state index in [1.165, 1.54) is 9.13 Å². The zero-order valence-corrected chi connectivity index (χ0v) is 20.8. The highest BCUT2D eigenvalue weighted by molar-refractivity contribution is 5.47. The van der Waals surface area contributed by atoms with Crippen molar-refractivity contribution in [2.75, 3.05) is 31.9 Å². The Morgan fingerprint density at radius 2 is 1.74 bits per heavy atom. The van der Waals surface area contributed by atoms with Gasteiger partial charge in [0.05, 0.1) is 13.7 Å². The van der Waals surface area contributed by atoms with Gasteiger partial charge in [-0.05, 0) is 62.4 Å². The lowest BCUT2D eigenvalue weighted by atomic mass is 10.1. The summed E-state index contributed by atoms with van der Waals surface area (Å²) in [7, 11) is 3.25. The van der Waals surface area contributed by atoms with Gasteiger partial charge in [-0.2, -0.15) is 4.98 Å². The molecule has 0 amide bonds. The first kappa shape index (κ1) is 26.0. The largest absolute Gasteiger partial charge is 0.497 e. The van der Waals surface area contributed by atoms with Gasteiger partial charge in [-0.1, -0.05) is 12.1 Å². The summed E-state index contributed by atoms with van der Waals surface area (Å²) in [6.07, 6.45) is 2.39. The van der Waals surface area contributed by atoms with Crippen LogP contribution in [0.15, 0.2) is 39.9 Å². The molecule has 0 aliphatic carbocycles. The van der Waals surface area contributed by atoms with Gasteiger partial charge in [0.1, 0.15) is 11.6 Å². The topological polar surface area (TPSA) is 126 Å². The van der Waals surface area contributed by atoms with Gasteiger partial charge >= 0.3 is 11.4 Å². The van der Waals surface area contributed by atoms with Crippen molar-refractivity contribution in [3.8, 4) is 5.75 Å². The lowest BCUT2D eigenvalue weighted by molar-refractivity contribution is 0.191. The van der Waals surface area contributed by atoms with Crippen molar-refractivity contribution in [2.24, 2.45) is 0 Å². The minimum absolute atomic E-state index is 0.186. The molecule has 0 spiro atoms. The number of unbranched alkanes of at least 4 members (excludes halogenated alkanes) is 2. The van der Waals surface area contributed by atoms with Crippen molar-refractivity contribution in [3.63, 3.8) is 0 Å². The van der Waals surface area contributed by atoms with E-state index in [4.69, 9.17) is 15.2 Å². The Kier molecular flexibility index (Phi) is 9.02. The standard InChI is InChI=1S/C25H34N6O4/c1-17-14-18(2)28-22(26)21(17)15-27-23-29-24(32)30(12-6-5-7-13-34-3)25(33)31(23)16-19-8-10-20(35-4)11-9-19/h8-11,14H,5-7,12-13,15-16H2,1-4H3,(H2,26,28)(H,27,29,32). The summed E-state index contributed by atoms with van der Waals surface area (Å²) in [5.74, 6) is 1.31. The second-order valence-corrected chi connectivity index (χ2v) is 8.44. The molecule has 3 rings (SSSR count). The van der Waals surface area contributed by atoms with E-state index in [1.54, 1.807) is 14.2 Å². The SMILES string of the molecule is COCCCCCn1c(=O)nc(NCc2c(C)cc(C)nc2N)n(Cc2ccc(OC)cc2)c1=O. The number of aromatic nitrogens is 4. The van der Waals surface area contributed by atoms with Crippen LogP contribution in [0.1, 0.15) is 41.6 Å². The first-order valence-electron chi connectivity index (χ1n) is 11.6. The van der Waals surface area contributed by atoms with Gasteiger partial charge in [-0.15, -0.1) is 0 Å². The van der Waals surface area contributed by atoms with E-state index in [-0.39, 0.29) is 19.0 Å². The molecule has 10 nitrogen and oxygen atoms in total. The van der Waals surface area contributed by atoms with Gasteiger partial charge in [0, 0.05) is 38.1 Å². The molecule has 0 unspecified atom stereocenters. The number of rotatable bonds is 12. The summed E-state index contributed by atoms with van der Waals surface area (Å²) in [4.78, 5) is 34.7. The highest BCUT2D eigenvalue weighted by Crippen LogP contribution is 2.18. The predicted octanol–water partition coefficient (Wildman–Crippen LogP) is 2.48. The molecule has 0 saturated carbocycles. The lowest BCUT2D eigenvalue weighted by Gasteiger charge is -2.17. The summed E-state index contributed by atoms with van der Waals surface area (Å²) < 4.78 is 13.0. The van der Waals surface area contributed by atoms with E-state index in [2.05, 4.69) is 15.3 Å². The Bertz CT molecular complexity index is 1230. The predicted molar refractivity (Wildman–Crippen MR) is 136 cm³/mol. The Hall–Kier alpha value is -3.66. The molecule has 0 atom stereocenters. The molecule has 3 aromatic rings. The Labute approximate surface area is 204 Å². The van der Waals surface area contributed by atoms with Crippen molar-refractivity contribution in [2.45, 2.75) is 52.7 Å². The maximum Gasteiger partial charge on any atom is 0.354 e. The normalized spacial score (nSPS) is 11.0. The average Bonchev–Trinajstić information content (AvgIpc) is 2.82. The molecule has 2 heterocycles. The maximum atomic E-state index is 13.4. The van der Waals surface area contributed by atoms with E-state index >= 15 is 0 Å². The van der Waals surface area contributed by atoms with Crippen molar-refractivity contribution in [1.29, 1.82) is 0 Å². The molecule has 10 heteroatoms. The van der Waals surface area contributed by atoms with Crippen molar-refractivity contribution < 1.29 is 9.47 Å². The molecule has 0 saturated heterocycles. The summed E-state index contributed by atoms with van der Waals surface area (Å²) in [6.45, 7) is 5.29. The van der Waals surface area contributed by atoms with Crippen molar-refractivity contribution >= 4 is 11.8 Å². The summed E-state index contributed by atoms with van der Waals surface area (Å²) >= 11 is 0. The van der Waals surface area contributed by atoms with E-state index in [0.29, 0.717) is 25.4 Å². The van der Waals surface area contributed by atoms with Crippen LogP contribution in [0.2, 0.25) is 0 Å². The Morgan fingerprint density at radius 3 is 2.40 bits per heavy atom. The van der Waals surface area contributed by atoms with Gasteiger partial charge in [0.2, 0.25) is 5.95 Å². The van der Waals surface area contributed by atoms with Crippen LogP contribution < -0.4 is 27.2 Å². The molecular formula is C25H34N6O4. The number of aryl methyl sites for hydroxylation is 2. The molecule has 0 fully saturated rings. The fourth-order valence-corrected chi connectivity index (χ4v) is 3.89. The van der Waals surface area contributed by atoms with Gasteiger partial charge in [-0.25, -0.2) is 19.1 Å². The van der Waals surface area contributed by atoms with Crippen LogP contribution in [-0.4, -0.2) is 39.9 Å². The number of hydrogen-bond donors (Lipinski definition) is 2. The number of nitrogens with two attached hydrogens (primary N) is 1. The molecule has 0 bridgehead atoms. The van der Waals surface area contributed by atoms with Crippen molar-refractivity contribution in [1.82, 2.24) is 19.1 Å². The second kappa shape index (κ2) is 12.2. The molecule has 0 aliphatic heterocycles. The smallest absolute Gasteiger partial charge is 0.354 e. The summed E-state index contributed by atoms with van der Waals surface area (Å²) in [5, 5.41) is 3.14. The van der Waals surface area contributed by atoms with Crippen LogP contribution >= 0.6 is 0 Å². The van der Waals surface area contributed by atoms with Crippen LogP contribution in [-0.2, 0) is 24.4 Å². The van der Waals surface area contributed by atoms with Crippen LogP contribution in [0.5, 0.6) is 5.75 Å². The quantitative estimate of drug-likeness (QED) is 0.377. The number of pyridine rings is 1. The third kappa shape index (κ3) is 6.69. The maximum absolute atomic E-state index is 13.4. The Morgan fingerprint density at radius 1 is 1.00 bits per heavy atom. The number of hydrogen-bond acceptors (Lipinski definition) is 8. The lowest BCUT2D eigenvalue weighted by Crippen LogP contribution is -2.43. The van der Waals surface area contributed by atoms with Crippen LogP contribution in [0.3, 0.4) is 0 Å². The monoisotopic (exact) mass is 482 g/mol. The Balaban J connectivity index is 1.93. The number of ether oxygens (including phenoxy) is 2. The molecule has 35 heavy (non-hydrogen) atoms. The van der Waals surface area contributed by atoms with E-state index in [9.17, 15) is 9.59 Å². The first-order valence-corrected chi connectivity index (χ1v) is 11.6. The molecule has 188 valence electrons. The van der Waals surface area contributed by atoms with Crippen LogP contribution in [0.25, 0.3) is 0 Å². The van der Waals surface area contributed by atoms with Crippen molar-refractivity contribution in [3.05, 3.63) is 73.7 Å². The molecule has 3 N–H and O–H groups in total. The highest BCUT2D eigenvalue weighted by atomic mass is 16.5. The molecule has 2 aromatic heterocycles. The van der Waals surface area contributed by atoms with Crippen LogP contribution in [0, 0.1) is 13.8 Å². The van der Waals surface area contributed by atoms with Gasteiger partial charge in [-0.3, -0.25) is 4.57 Å². The minimum Gasteiger partial charge on any atom is -0.497 e. The zero-order chi connectivity index (χ0) is 25.4. The van der Waals surface area contributed by atoms with E-state index in [1.807, 2.05) is 44.2 Å². The van der Waals surface area contributed by atoms with Gasteiger partial charge in [0.25, 0.3) is 0 Å². The average molecular weight is 483 g/mol. The second-order valence-electron chi connectivity index (χ2n) is 8.44. The van der Waals surface area contributed by atoms with Gasteiger partial charge in [0.15, 0.2) is 0 Å². The number of methoxy groups -OCH3 is 2. The molecule has 0 aliphatic rings. The van der Waals surface area contributed by atoms with E-state index in [0.717, 1.165) is 41.0 Å². The number of benzene rings is 1. The first-order chi connectivity index (χ1) is 16.8. The highest BCUT2D eigenvalue weighted by Gasteiger charge is 2.15. The molecular weight excluding hydrogens is 448 g/mol.